The van der Waals surface area contributed by atoms with Crippen molar-refractivity contribution in [3.8, 4) is 0 Å². The predicted octanol–water partition coefficient (Wildman–Crippen LogP) is 2.08. The van der Waals surface area contributed by atoms with Crippen LogP contribution in [-0.2, 0) is 16.6 Å². The third-order valence-electron chi connectivity index (χ3n) is 4.46. The van der Waals surface area contributed by atoms with Gasteiger partial charge in [-0.3, -0.25) is 15.1 Å². The minimum Gasteiger partial charge on any atom is -0.354 e. The van der Waals surface area contributed by atoms with E-state index >= 15 is 0 Å². The molecule has 158 valence electrons. The molecule has 1 saturated heterocycles. The van der Waals surface area contributed by atoms with Crippen LogP contribution in [0.25, 0.3) is 0 Å². The van der Waals surface area contributed by atoms with Gasteiger partial charge in [-0.05, 0) is 24.8 Å². The molecule has 2 N–H and O–H groups in total. The number of rotatable bonds is 7. The number of benzene rings is 1. The summed E-state index contributed by atoms with van der Waals surface area (Å²) in [5.41, 5.74) is 0.838. The average molecular weight is 525 g/mol. The second-order valence-corrected chi connectivity index (χ2v) is 8.57. The van der Waals surface area contributed by atoms with Crippen LogP contribution in [0, 0.1) is 10.1 Å². The summed E-state index contributed by atoms with van der Waals surface area (Å²) in [7, 11) is -1.49. The summed E-state index contributed by atoms with van der Waals surface area (Å²) in [6, 6.07) is 6.57. The van der Waals surface area contributed by atoms with E-state index in [2.05, 4.69) is 15.6 Å². The highest BCUT2D eigenvalue weighted by atomic mass is 127. The molecule has 0 spiro atoms. The lowest BCUT2D eigenvalue weighted by Gasteiger charge is -2.32. The quantitative estimate of drug-likeness (QED) is 0.185. The first-order valence-corrected chi connectivity index (χ1v) is 10.6. The molecular formula is C17H28IN5O4S. The van der Waals surface area contributed by atoms with Crippen LogP contribution in [0.15, 0.2) is 29.3 Å². The van der Waals surface area contributed by atoms with Crippen LogP contribution in [-0.4, -0.2) is 55.5 Å². The van der Waals surface area contributed by atoms with Gasteiger partial charge in [0.25, 0.3) is 5.69 Å². The molecule has 0 amide bonds. The summed E-state index contributed by atoms with van der Waals surface area (Å²) in [5, 5.41) is 17.3. The van der Waals surface area contributed by atoms with Crippen LogP contribution in [0.2, 0.25) is 0 Å². The first kappa shape index (κ1) is 24.6. The Morgan fingerprint density at radius 1 is 1.36 bits per heavy atom. The van der Waals surface area contributed by atoms with E-state index in [1.807, 2.05) is 13.0 Å². The fourth-order valence-corrected chi connectivity index (χ4v) is 4.56. The van der Waals surface area contributed by atoms with Crippen molar-refractivity contribution in [2.75, 3.05) is 25.9 Å². The fraction of sp³-hybridized carbons (Fsp3) is 0.588. The van der Waals surface area contributed by atoms with Crippen LogP contribution >= 0.6 is 24.0 Å². The molecule has 1 aromatic carbocycles. The third-order valence-corrected chi connectivity index (χ3v) is 6.53. The molecule has 1 fully saturated rings. The number of nitrogens with zero attached hydrogens (tertiary/aromatic N) is 3. The van der Waals surface area contributed by atoms with Crippen LogP contribution in [0.4, 0.5) is 5.69 Å². The third kappa shape index (κ3) is 7.17. The van der Waals surface area contributed by atoms with Gasteiger partial charge in [0, 0.05) is 44.9 Å². The van der Waals surface area contributed by atoms with Crippen LogP contribution < -0.4 is 10.6 Å². The van der Waals surface area contributed by atoms with Gasteiger partial charge in [0.1, 0.15) is 0 Å². The van der Waals surface area contributed by atoms with Crippen molar-refractivity contribution >= 4 is 45.6 Å². The van der Waals surface area contributed by atoms with E-state index in [1.54, 1.807) is 17.4 Å². The Bertz CT molecular complexity index is 780. The molecule has 0 bridgehead atoms. The molecule has 28 heavy (non-hydrogen) atoms. The Morgan fingerprint density at radius 3 is 2.61 bits per heavy atom. The molecule has 2 rings (SSSR count). The number of sulfonamides is 1. The van der Waals surface area contributed by atoms with Crippen molar-refractivity contribution in [3.63, 3.8) is 0 Å². The molecule has 0 aromatic heterocycles. The molecule has 0 radical (unpaired) electrons. The zero-order chi connectivity index (χ0) is 19.9. The number of aliphatic imine (C=N–C) groups is 1. The Labute approximate surface area is 183 Å². The summed E-state index contributed by atoms with van der Waals surface area (Å²) < 4.78 is 25.8. The molecule has 0 aliphatic carbocycles. The van der Waals surface area contributed by atoms with Gasteiger partial charge in [-0.15, -0.1) is 24.0 Å². The summed E-state index contributed by atoms with van der Waals surface area (Å²) in [6.07, 6.45) is 2.04. The molecule has 1 aliphatic heterocycles. The summed E-state index contributed by atoms with van der Waals surface area (Å²) >= 11 is 0. The molecule has 1 aromatic rings. The van der Waals surface area contributed by atoms with E-state index in [0.29, 0.717) is 44.9 Å². The Kier molecular flexibility index (Phi) is 10.1. The molecule has 9 nitrogen and oxygen atoms in total. The number of hydrogen-bond donors (Lipinski definition) is 2. The number of nitro groups is 1. The average Bonchev–Trinajstić information content (AvgIpc) is 2.65. The summed E-state index contributed by atoms with van der Waals surface area (Å²) in [6.45, 7) is 3.28. The van der Waals surface area contributed by atoms with Crippen molar-refractivity contribution in [3.05, 3.63) is 39.9 Å². The number of halogens is 1. The molecule has 0 atom stereocenters. The minimum atomic E-state index is -3.14. The summed E-state index contributed by atoms with van der Waals surface area (Å²) in [4.78, 5) is 14.6. The zero-order valence-electron chi connectivity index (χ0n) is 16.1. The maximum absolute atomic E-state index is 12.1. The number of piperidine rings is 1. The van der Waals surface area contributed by atoms with Crippen molar-refractivity contribution in [2.24, 2.45) is 4.99 Å². The van der Waals surface area contributed by atoms with Gasteiger partial charge in [0.15, 0.2) is 5.96 Å². The molecule has 0 unspecified atom stereocenters. The van der Waals surface area contributed by atoms with Crippen molar-refractivity contribution in [2.45, 2.75) is 38.8 Å². The summed E-state index contributed by atoms with van der Waals surface area (Å²) in [5.74, 6) is 0.786. The van der Waals surface area contributed by atoms with E-state index < -0.39 is 14.9 Å². The Hall–Kier alpha value is -1.47. The lowest BCUT2D eigenvalue weighted by Crippen LogP contribution is -2.49. The van der Waals surface area contributed by atoms with Gasteiger partial charge in [0.05, 0.1) is 10.7 Å². The van der Waals surface area contributed by atoms with Crippen molar-refractivity contribution < 1.29 is 13.3 Å². The molecule has 1 aliphatic rings. The predicted molar refractivity (Wildman–Crippen MR) is 121 cm³/mol. The first-order chi connectivity index (χ1) is 12.9. The maximum atomic E-state index is 12.1. The Balaban J connectivity index is 0.00000392. The number of non-ortho nitro benzene ring substituents is 1. The van der Waals surface area contributed by atoms with Crippen molar-refractivity contribution in [1.29, 1.82) is 0 Å². The van der Waals surface area contributed by atoms with Crippen LogP contribution in [0.1, 0.15) is 31.7 Å². The fourth-order valence-electron chi connectivity index (χ4n) is 3.02. The molecule has 0 saturated carbocycles. The van der Waals surface area contributed by atoms with Gasteiger partial charge in [-0.1, -0.05) is 19.1 Å². The Morgan fingerprint density at radius 2 is 2.04 bits per heavy atom. The molecular weight excluding hydrogens is 497 g/mol. The lowest BCUT2D eigenvalue weighted by molar-refractivity contribution is -0.384. The molecule has 1 heterocycles. The number of guanidine groups is 1. The highest BCUT2D eigenvalue weighted by Crippen LogP contribution is 2.15. The van der Waals surface area contributed by atoms with Crippen LogP contribution in [0.3, 0.4) is 0 Å². The monoisotopic (exact) mass is 525 g/mol. The van der Waals surface area contributed by atoms with E-state index in [4.69, 9.17) is 0 Å². The topological polar surface area (TPSA) is 117 Å². The smallest absolute Gasteiger partial charge is 0.269 e. The second-order valence-electron chi connectivity index (χ2n) is 6.49. The number of hydrogen-bond acceptors (Lipinski definition) is 5. The van der Waals surface area contributed by atoms with Crippen molar-refractivity contribution in [1.82, 2.24) is 14.9 Å². The lowest BCUT2D eigenvalue weighted by atomic mass is 10.1. The zero-order valence-corrected chi connectivity index (χ0v) is 19.3. The normalized spacial score (nSPS) is 16.3. The van der Waals surface area contributed by atoms with Gasteiger partial charge in [0.2, 0.25) is 10.0 Å². The number of nitrogens with one attached hydrogen (secondary N) is 2. The minimum absolute atomic E-state index is 0. The number of nitro benzene ring substituents is 1. The first-order valence-electron chi connectivity index (χ1n) is 9.04. The SMILES string of the molecule is CCCS(=O)(=O)N1CCC(NC(=NC)NCc2cccc([N+](=O)[O-])c2)CC1.I. The van der Waals surface area contributed by atoms with Gasteiger partial charge in [-0.2, -0.15) is 0 Å². The highest BCUT2D eigenvalue weighted by Gasteiger charge is 2.27. The second kappa shape index (κ2) is 11.5. The van der Waals surface area contributed by atoms with E-state index in [1.165, 1.54) is 12.1 Å². The largest absolute Gasteiger partial charge is 0.354 e. The van der Waals surface area contributed by atoms with E-state index in [-0.39, 0.29) is 41.5 Å². The van der Waals surface area contributed by atoms with E-state index in [0.717, 1.165) is 5.56 Å². The van der Waals surface area contributed by atoms with E-state index in [9.17, 15) is 18.5 Å². The van der Waals surface area contributed by atoms with Gasteiger partial charge < -0.3 is 10.6 Å². The molecule has 11 heteroatoms. The van der Waals surface area contributed by atoms with Crippen LogP contribution in [0.5, 0.6) is 0 Å². The maximum Gasteiger partial charge on any atom is 0.269 e. The van der Waals surface area contributed by atoms with Gasteiger partial charge >= 0.3 is 0 Å². The standard InChI is InChI=1S/C17H27N5O4S.HI/c1-3-11-27(25,26)21-9-7-15(8-10-21)20-17(18-2)19-13-14-5-4-6-16(12-14)22(23)24;/h4-6,12,15H,3,7-11,13H2,1-2H3,(H2,18,19,20);1H. The van der Waals surface area contributed by atoms with Gasteiger partial charge in [-0.25, -0.2) is 12.7 Å². The highest BCUT2D eigenvalue weighted by molar-refractivity contribution is 14.0.